The number of carbonyl (C=O) groups excluding carboxylic acids is 1. The Bertz CT molecular complexity index is 1270. The van der Waals surface area contributed by atoms with Gasteiger partial charge in [-0.25, -0.2) is 4.39 Å². The largest absolute Gasteiger partial charge is 0.339 e. The van der Waals surface area contributed by atoms with E-state index in [2.05, 4.69) is 29.1 Å². The Hall–Kier alpha value is -3.55. The lowest BCUT2D eigenvalue weighted by Crippen LogP contribution is -2.38. The molecule has 1 saturated heterocycles. The number of nitrogens with zero attached hydrogens (tertiary/aromatic N) is 5. The van der Waals surface area contributed by atoms with Crippen molar-refractivity contribution in [2.75, 3.05) is 13.1 Å². The first kappa shape index (κ1) is 20.4. The topological polar surface area (TPSA) is 77.1 Å². The van der Waals surface area contributed by atoms with Gasteiger partial charge in [0.1, 0.15) is 5.82 Å². The first-order chi connectivity index (χ1) is 15.5. The molecular weight excluding hydrogens is 409 g/mol. The molecular formula is C24H24FN5O2. The number of benzene rings is 2. The first-order valence-electron chi connectivity index (χ1n) is 10.9. The number of carbonyl (C=O) groups is 1. The van der Waals surface area contributed by atoms with Crippen LogP contribution in [0.4, 0.5) is 4.39 Å². The normalized spacial score (nSPS) is 15.1. The SMILES string of the molecule is CC(C)n1ncc2ccc(-c3nc(C4CCN(C(=O)c5cccc(F)c5)CC4)no3)cc21. The third-order valence-corrected chi connectivity index (χ3v) is 6.00. The molecule has 5 rings (SSSR count). The summed E-state index contributed by atoms with van der Waals surface area (Å²) in [6.07, 6.45) is 3.33. The summed E-state index contributed by atoms with van der Waals surface area (Å²) in [4.78, 5) is 19.1. The predicted molar refractivity (Wildman–Crippen MR) is 118 cm³/mol. The molecule has 1 aliphatic rings. The number of likely N-dealkylation sites (tertiary alicyclic amines) is 1. The monoisotopic (exact) mass is 433 g/mol. The number of fused-ring (bicyclic) bond motifs is 1. The standard InChI is InChI=1S/C24H24FN5O2/c1-15(2)30-21-13-17(6-7-19(21)14-26-30)23-27-22(28-32-23)16-8-10-29(11-9-16)24(31)18-4-3-5-20(25)12-18/h3-7,12-16H,8-11H2,1-2H3. The predicted octanol–water partition coefficient (Wildman–Crippen LogP) is 4.83. The summed E-state index contributed by atoms with van der Waals surface area (Å²) >= 11 is 0. The summed E-state index contributed by atoms with van der Waals surface area (Å²) in [7, 11) is 0. The van der Waals surface area contributed by atoms with Crippen LogP contribution >= 0.6 is 0 Å². The highest BCUT2D eigenvalue weighted by Gasteiger charge is 2.28. The molecule has 32 heavy (non-hydrogen) atoms. The van der Waals surface area contributed by atoms with Gasteiger partial charge >= 0.3 is 0 Å². The number of hydrogen-bond acceptors (Lipinski definition) is 5. The van der Waals surface area contributed by atoms with Crippen molar-refractivity contribution in [3.05, 3.63) is 65.9 Å². The van der Waals surface area contributed by atoms with Crippen LogP contribution in [-0.2, 0) is 0 Å². The Morgan fingerprint density at radius 3 is 2.72 bits per heavy atom. The smallest absolute Gasteiger partial charge is 0.258 e. The Kier molecular flexibility index (Phi) is 5.20. The summed E-state index contributed by atoms with van der Waals surface area (Å²) in [6, 6.07) is 12.1. The van der Waals surface area contributed by atoms with Crippen LogP contribution < -0.4 is 0 Å². The molecule has 2 aromatic heterocycles. The van der Waals surface area contributed by atoms with Crippen molar-refractivity contribution in [3.63, 3.8) is 0 Å². The van der Waals surface area contributed by atoms with Gasteiger partial charge in [0, 0.05) is 41.6 Å². The van der Waals surface area contributed by atoms with Gasteiger partial charge in [-0.15, -0.1) is 0 Å². The maximum Gasteiger partial charge on any atom is 0.258 e. The molecule has 0 bridgehead atoms. The van der Waals surface area contributed by atoms with Gasteiger partial charge in [-0.1, -0.05) is 17.3 Å². The second-order valence-corrected chi connectivity index (χ2v) is 8.49. The Labute approximate surface area is 184 Å². The lowest BCUT2D eigenvalue weighted by Gasteiger charge is -2.30. The Balaban J connectivity index is 1.29. The van der Waals surface area contributed by atoms with E-state index >= 15 is 0 Å². The van der Waals surface area contributed by atoms with Crippen molar-refractivity contribution in [3.8, 4) is 11.5 Å². The third kappa shape index (κ3) is 3.77. The maximum absolute atomic E-state index is 13.4. The van der Waals surface area contributed by atoms with Gasteiger partial charge in [0.25, 0.3) is 11.8 Å². The van der Waals surface area contributed by atoms with Crippen LogP contribution in [0.5, 0.6) is 0 Å². The van der Waals surface area contributed by atoms with E-state index in [1.807, 2.05) is 29.1 Å². The summed E-state index contributed by atoms with van der Waals surface area (Å²) < 4.78 is 21.0. The van der Waals surface area contributed by atoms with Gasteiger partial charge in [0.15, 0.2) is 5.82 Å². The van der Waals surface area contributed by atoms with Gasteiger partial charge in [-0.05, 0) is 57.0 Å². The highest BCUT2D eigenvalue weighted by molar-refractivity contribution is 5.94. The molecule has 3 heterocycles. The second kappa shape index (κ2) is 8.18. The van der Waals surface area contributed by atoms with Crippen LogP contribution in [0.15, 0.2) is 53.2 Å². The average molecular weight is 433 g/mol. The molecule has 0 N–H and O–H groups in total. The fourth-order valence-electron chi connectivity index (χ4n) is 4.25. The molecule has 0 spiro atoms. The number of halogens is 1. The molecule has 1 fully saturated rings. The number of hydrogen-bond donors (Lipinski definition) is 0. The van der Waals surface area contributed by atoms with Crippen LogP contribution in [-0.4, -0.2) is 43.8 Å². The van der Waals surface area contributed by atoms with E-state index < -0.39 is 5.82 Å². The van der Waals surface area contributed by atoms with E-state index in [1.165, 1.54) is 12.1 Å². The molecule has 0 saturated carbocycles. The van der Waals surface area contributed by atoms with Crippen LogP contribution in [0.2, 0.25) is 0 Å². The molecule has 2 aromatic carbocycles. The van der Waals surface area contributed by atoms with Crippen LogP contribution in [0.3, 0.4) is 0 Å². The van der Waals surface area contributed by atoms with E-state index in [4.69, 9.17) is 4.52 Å². The summed E-state index contributed by atoms with van der Waals surface area (Å²) in [5, 5.41) is 9.74. The van der Waals surface area contributed by atoms with Crippen LogP contribution in [0.25, 0.3) is 22.4 Å². The minimum atomic E-state index is -0.403. The number of piperidine rings is 1. The average Bonchev–Trinajstić information content (AvgIpc) is 3.46. The van der Waals surface area contributed by atoms with Crippen molar-refractivity contribution in [2.45, 2.75) is 38.6 Å². The minimum Gasteiger partial charge on any atom is -0.339 e. The lowest BCUT2D eigenvalue weighted by atomic mass is 9.95. The molecule has 7 nitrogen and oxygen atoms in total. The van der Waals surface area contributed by atoms with Crippen molar-refractivity contribution >= 4 is 16.8 Å². The van der Waals surface area contributed by atoms with Gasteiger partial charge in [0.05, 0.1) is 11.7 Å². The summed E-state index contributed by atoms with van der Waals surface area (Å²) in [5.41, 5.74) is 2.26. The van der Waals surface area contributed by atoms with Crippen LogP contribution in [0.1, 0.15) is 54.8 Å². The first-order valence-corrected chi connectivity index (χ1v) is 10.9. The number of rotatable bonds is 4. The second-order valence-electron chi connectivity index (χ2n) is 8.49. The van der Waals surface area contributed by atoms with Gasteiger partial charge in [-0.2, -0.15) is 10.1 Å². The molecule has 8 heteroatoms. The lowest BCUT2D eigenvalue weighted by molar-refractivity contribution is 0.0710. The molecule has 0 unspecified atom stereocenters. The molecule has 1 aliphatic heterocycles. The fraction of sp³-hybridized carbons (Fsp3) is 0.333. The molecule has 164 valence electrons. The highest BCUT2D eigenvalue weighted by Crippen LogP contribution is 2.30. The van der Waals surface area contributed by atoms with Gasteiger partial charge in [-0.3, -0.25) is 9.48 Å². The van der Waals surface area contributed by atoms with E-state index in [0.717, 1.165) is 29.3 Å². The summed E-state index contributed by atoms with van der Waals surface area (Å²) in [5.74, 6) is 0.715. The summed E-state index contributed by atoms with van der Waals surface area (Å²) in [6.45, 7) is 5.33. The van der Waals surface area contributed by atoms with Crippen molar-refractivity contribution in [2.24, 2.45) is 0 Å². The van der Waals surface area contributed by atoms with E-state index in [-0.39, 0.29) is 17.9 Å². The Morgan fingerprint density at radius 1 is 1.16 bits per heavy atom. The number of aromatic nitrogens is 4. The third-order valence-electron chi connectivity index (χ3n) is 6.00. The van der Waals surface area contributed by atoms with E-state index in [0.29, 0.717) is 30.4 Å². The number of amides is 1. The highest BCUT2D eigenvalue weighted by atomic mass is 19.1. The maximum atomic E-state index is 13.4. The van der Waals surface area contributed by atoms with E-state index in [9.17, 15) is 9.18 Å². The van der Waals surface area contributed by atoms with Crippen molar-refractivity contribution in [1.29, 1.82) is 0 Å². The molecule has 4 aromatic rings. The van der Waals surface area contributed by atoms with Gasteiger partial charge < -0.3 is 9.42 Å². The molecule has 0 radical (unpaired) electrons. The molecule has 1 amide bonds. The minimum absolute atomic E-state index is 0.119. The quantitative estimate of drug-likeness (QED) is 0.461. The fourth-order valence-corrected chi connectivity index (χ4v) is 4.25. The zero-order valence-electron chi connectivity index (χ0n) is 18.0. The zero-order valence-corrected chi connectivity index (χ0v) is 18.0. The van der Waals surface area contributed by atoms with Crippen molar-refractivity contribution in [1.82, 2.24) is 24.8 Å². The van der Waals surface area contributed by atoms with Crippen LogP contribution in [0, 0.1) is 5.82 Å². The van der Waals surface area contributed by atoms with Crippen molar-refractivity contribution < 1.29 is 13.7 Å². The Morgan fingerprint density at radius 2 is 1.97 bits per heavy atom. The van der Waals surface area contributed by atoms with Gasteiger partial charge in [0.2, 0.25) is 0 Å². The molecule has 0 aliphatic carbocycles. The zero-order chi connectivity index (χ0) is 22.2. The molecule has 0 atom stereocenters. The van der Waals surface area contributed by atoms with E-state index in [1.54, 1.807) is 17.0 Å².